The number of non-ortho nitro benzene ring substituents is 1. The Morgan fingerprint density at radius 1 is 1.26 bits per heavy atom. The van der Waals surface area contributed by atoms with Gasteiger partial charge in [-0.3, -0.25) is 15.0 Å². The van der Waals surface area contributed by atoms with E-state index in [-0.39, 0.29) is 5.69 Å². The van der Waals surface area contributed by atoms with Gasteiger partial charge in [-0.25, -0.2) is 0 Å². The lowest BCUT2D eigenvalue weighted by molar-refractivity contribution is -0.384. The maximum Gasteiger partial charge on any atom is 0.273 e. The Bertz CT molecular complexity index is 411. The number of nitro benzene ring substituents is 1. The SMILES string of the molecule is CC(C)N(CCOc1cccc([N+](=O)[O-])c1)C(C)C. The van der Waals surface area contributed by atoms with Gasteiger partial charge in [-0.05, 0) is 33.8 Å². The summed E-state index contributed by atoms with van der Waals surface area (Å²) in [5.74, 6) is 0.543. The average Bonchev–Trinajstić information content (AvgIpc) is 2.34. The van der Waals surface area contributed by atoms with Crippen LogP contribution in [0, 0.1) is 10.1 Å². The molecule has 0 aromatic heterocycles. The zero-order valence-corrected chi connectivity index (χ0v) is 12.0. The van der Waals surface area contributed by atoms with Gasteiger partial charge in [0.05, 0.1) is 11.0 Å². The van der Waals surface area contributed by atoms with Gasteiger partial charge >= 0.3 is 0 Å². The van der Waals surface area contributed by atoms with Crippen LogP contribution in [0.1, 0.15) is 27.7 Å². The molecule has 1 aromatic rings. The first-order valence-corrected chi connectivity index (χ1v) is 6.54. The molecule has 0 saturated heterocycles. The predicted octanol–water partition coefficient (Wildman–Crippen LogP) is 3.09. The minimum Gasteiger partial charge on any atom is -0.492 e. The third-order valence-corrected chi connectivity index (χ3v) is 2.97. The van der Waals surface area contributed by atoms with Crippen LogP contribution in [0.25, 0.3) is 0 Å². The number of benzene rings is 1. The molecule has 0 aliphatic heterocycles. The lowest BCUT2D eigenvalue weighted by atomic mass is 10.2. The molecule has 0 aliphatic carbocycles. The number of nitrogens with zero attached hydrogens (tertiary/aromatic N) is 2. The first kappa shape index (κ1) is 15.4. The quantitative estimate of drug-likeness (QED) is 0.562. The van der Waals surface area contributed by atoms with Gasteiger partial charge in [-0.1, -0.05) is 6.07 Å². The molecule has 0 heterocycles. The van der Waals surface area contributed by atoms with Crippen LogP contribution in [0.3, 0.4) is 0 Å². The Balaban J connectivity index is 2.53. The standard InChI is InChI=1S/C14H22N2O3/c1-11(2)15(12(3)4)8-9-19-14-7-5-6-13(10-14)16(17)18/h5-7,10-12H,8-9H2,1-4H3. The van der Waals surface area contributed by atoms with E-state index < -0.39 is 4.92 Å². The van der Waals surface area contributed by atoms with Gasteiger partial charge in [-0.15, -0.1) is 0 Å². The van der Waals surface area contributed by atoms with Crippen LogP contribution in [-0.2, 0) is 0 Å². The van der Waals surface area contributed by atoms with Crippen molar-refractivity contribution in [3.05, 3.63) is 34.4 Å². The van der Waals surface area contributed by atoms with Gasteiger partial charge in [-0.2, -0.15) is 0 Å². The fraction of sp³-hybridized carbons (Fsp3) is 0.571. The van der Waals surface area contributed by atoms with Crippen LogP contribution < -0.4 is 4.74 Å². The number of hydrogen-bond acceptors (Lipinski definition) is 4. The molecule has 0 unspecified atom stereocenters. The van der Waals surface area contributed by atoms with Gasteiger partial charge in [0.15, 0.2) is 0 Å². The highest BCUT2D eigenvalue weighted by molar-refractivity contribution is 5.37. The molecule has 0 fully saturated rings. The molecule has 0 amide bonds. The van der Waals surface area contributed by atoms with Crippen molar-refractivity contribution in [2.45, 2.75) is 39.8 Å². The Hall–Kier alpha value is -1.62. The van der Waals surface area contributed by atoms with E-state index >= 15 is 0 Å². The lowest BCUT2D eigenvalue weighted by Gasteiger charge is -2.30. The second kappa shape index (κ2) is 7.09. The summed E-state index contributed by atoms with van der Waals surface area (Å²) < 4.78 is 5.58. The smallest absolute Gasteiger partial charge is 0.273 e. The topological polar surface area (TPSA) is 55.6 Å². The van der Waals surface area contributed by atoms with E-state index in [1.165, 1.54) is 12.1 Å². The van der Waals surface area contributed by atoms with Crippen molar-refractivity contribution in [2.75, 3.05) is 13.2 Å². The fourth-order valence-electron chi connectivity index (χ4n) is 2.07. The maximum atomic E-state index is 10.7. The van der Waals surface area contributed by atoms with E-state index in [2.05, 4.69) is 32.6 Å². The molecule has 0 aliphatic rings. The van der Waals surface area contributed by atoms with Crippen LogP contribution in [0.15, 0.2) is 24.3 Å². The summed E-state index contributed by atoms with van der Waals surface area (Å²) in [6.07, 6.45) is 0. The highest BCUT2D eigenvalue weighted by Gasteiger charge is 2.13. The Labute approximate surface area is 114 Å². The highest BCUT2D eigenvalue weighted by Crippen LogP contribution is 2.19. The molecular formula is C14H22N2O3. The summed E-state index contributed by atoms with van der Waals surface area (Å²) in [7, 11) is 0. The second-order valence-electron chi connectivity index (χ2n) is 5.03. The third kappa shape index (κ3) is 4.87. The van der Waals surface area contributed by atoms with Crippen LogP contribution in [0.4, 0.5) is 5.69 Å². The number of hydrogen-bond donors (Lipinski definition) is 0. The van der Waals surface area contributed by atoms with Crippen molar-refractivity contribution in [1.29, 1.82) is 0 Å². The minimum absolute atomic E-state index is 0.0575. The van der Waals surface area contributed by atoms with Crippen molar-refractivity contribution >= 4 is 5.69 Å². The third-order valence-electron chi connectivity index (χ3n) is 2.97. The van der Waals surface area contributed by atoms with Gasteiger partial charge in [0, 0.05) is 24.7 Å². The van der Waals surface area contributed by atoms with E-state index in [0.29, 0.717) is 24.4 Å². The zero-order valence-electron chi connectivity index (χ0n) is 12.0. The molecule has 0 atom stereocenters. The highest BCUT2D eigenvalue weighted by atomic mass is 16.6. The molecule has 1 aromatic carbocycles. The van der Waals surface area contributed by atoms with Crippen LogP contribution in [0.2, 0.25) is 0 Å². The summed E-state index contributed by atoms with van der Waals surface area (Å²) in [6, 6.07) is 7.19. The first-order valence-electron chi connectivity index (χ1n) is 6.54. The van der Waals surface area contributed by atoms with Crippen molar-refractivity contribution in [3.63, 3.8) is 0 Å². The Kier molecular flexibility index (Phi) is 5.76. The molecule has 1 rings (SSSR count). The maximum absolute atomic E-state index is 10.7. The van der Waals surface area contributed by atoms with Crippen molar-refractivity contribution in [2.24, 2.45) is 0 Å². The zero-order chi connectivity index (χ0) is 14.4. The van der Waals surface area contributed by atoms with Gasteiger partial charge in [0.1, 0.15) is 12.4 Å². The van der Waals surface area contributed by atoms with E-state index in [1.54, 1.807) is 12.1 Å². The molecular weight excluding hydrogens is 244 g/mol. The molecule has 0 saturated carbocycles. The Morgan fingerprint density at radius 2 is 1.89 bits per heavy atom. The predicted molar refractivity (Wildman–Crippen MR) is 75.6 cm³/mol. The van der Waals surface area contributed by atoms with Gasteiger partial charge < -0.3 is 4.74 Å². The normalized spacial score (nSPS) is 11.3. The molecule has 0 spiro atoms. The van der Waals surface area contributed by atoms with E-state index in [9.17, 15) is 10.1 Å². The molecule has 5 heteroatoms. The van der Waals surface area contributed by atoms with Crippen molar-refractivity contribution in [3.8, 4) is 5.75 Å². The van der Waals surface area contributed by atoms with Crippen LogP contribution in [0.5, 0.6) is 5.75 Å². The van der Waals surface area contributed by atoms with E-state index in [4.69, 9.17) is 4.74 Å². The summed E-state index contributed by atoms with van der Waals surface area (Å²) in [6.45, 7) is 9.91. The largest absolute Gasteiger partial charge is 0.492 e. The summed E-state index contributed by atoms with van der Waals surface area (Å²) >= 11 is 0. The molecule has 5 nitrogen and oxygen atoms in total. The Morgan fingerprint density at radius 3 is 2.42 bits per heavy atom. The first-order chi connectivity index (χ1) is 8.91. The van der Waals surface area contributed by atoms with Gasteiger partial charge in [0.2, 0.25) is 0 Å². The average molecular weight is 266 g/mol. The lowest BCUT2D eigenvalue weighted by Crippen LogP contribution is -2.39. The number of rotatable bonds is 7. The van der Waals surface area contributed by atoms with Gasteiger partial charge in [0.25, 0.3) is 5.69 Å². The van der Waals surface area contributed by atoms with E-state index in [0.717, 1.165) is 6.54 Å². The summed E-state index contributed by atoms with van der Waals surface area (Å²) in [5, 5.41) is 10.7. The molecule has 19 heavy (non-hydrogen) atoms. The number of ether oxygens (including phenoxy) is 1. The van der Waals surface area contributed by atoms with E-state index in [1.807, 2.05) is 0 Å². The van der Waals surface area contributed by atoms with Crippen LogP contribution >= 0.6 is 0 Å². The molecule has 0 N–H and O–H groups in total. The summed E-state index contributed by atoms with van der Waals surface area (Å²) in [5.41, 5.74) is 0.0575. The fourth-order valence-corrected chi connectivity index (χ4v) is 2.07. The van der Waals surface area contributed by atoms with Crippen LogP contribution in [-0.4, -0.2) is 35.1 Å². The van der Waals surface area contributed by atoms with Crippen molar-refractivity contribution in [1.82, 2.24) is 4.90 Å². The monoisotopic (exact) mass is 266 g/mol. The molecule has 0 bridgehead atoms. The minimum atomic E-state index is -0.415. The van der Waals surface area contributed by atoms with Crippen molar-refractivity contribution < 1.29 is 9.66 Å². The number of nitro groups is 1. The molecule has 0 radical (unpaired) electrons. The molecule has 106 valence electrons. The summed E-state index contributed by atoms with van der Waals surface area (Å²) in [4.78, 5) is 12.6. The second-order valence-corrected chi connectivity index (χ2v) is 5.03.